The van der Waals surface area contributed by atoms with E-state index in [0.717, 1.165) is 30.0 Å². The highest BCUT2D eigenvalue weighted by atomic mass is 35.5. The van der Waals surface area contributed by atoms with Crippen LogP contribution in [-0.2, 0) is 4.79 Å². The molecule has 0 aliphatic carbocycles. The van der Waals surface area contributed by atoms with Crippen LogP contribution in [-0.4, -0.2) is 25.0 Å². The van der Waals surface area contributed by atoms with E-state index in [0.29, 0.717) is 5.92 Å². The van der Waals surface area contributed by atoms with Gasteiger partial charge < -0.3 is 10.6 Å². The first kappa shape index (κ1) is 22.0. The van der Waals surface area contributed by atoms with Crippen molar-refractivity contribution in [2.75, 3.05) is 13.1 Å². The lowest BCUT2D eigenvalue weighted by atomic mass is 9.95. The normalized spacial score (nSPS) is 20.4. The van der Waals surface area contributed by atoms with Gasteiger partial charge in [-0.15, -0.1) is 24.2 Å². The maximum atomic E-state index is 13.4. The molecule has 0 saturated carbocycles. The summed E-state index contributed by atoms with van der Waals surface area (Å²) >= 11 is 7.29. The minimum absolute atomic E-state index is 0. The van der Waals surface area contributed by atoms with Crippen molar-refractivity contribution in [2.24, 2.45) is 5.92 Å². The van der Waals surface area contributed by atoms with Gasteiger partial charge in [-0.05, 0) is 49.2 Å². The van der Waals surface area contributed by atoms with Crippen LogP contribution < -0.4 is 10.6 Å². The number of thioether (sulfide) groups is 1. The van der Waals surface area contributed by atoms with Gasteiger partial charge in [-0.25, -0.2) is 4.39 Å². The molecule has 0 bridgehead atoms. The standard InChI is InChI=1S/C20H22ClFN2OS.ClH/c1-13-12-23-10-9-18(13)24-20(25)19(14-5-3-2-4-6-14)26-15-7-8-17(22)16(21)11-15;/h2-8,11,13,18-19,23H,9-10,12H2,1H3,(H,24,25);1H. The van der Waals surface area contributed by atoms with Crippen LogP contribution in [0.3, 0.4) is 0 Å². The summed E-state index contributed by atoms with van der Waals surface area (Å²) in [4.78, 5) is 13.8. The van der Waals surface area contributed by atoms with Gasteiger partial charge >= 0.3 is 0 Å². The van der Waals surface area contributed by atoms with E-state index in [4.69, 9.17) is 11.6 Å². The summed E-state index contributed by atoms with van der Waals surface area (Å²) in [5.74, 6) is -0.102. The van der Waals surface area contributed by atoms with Crippen LogP contribution in [0, 0.1) is 11.7 Å². The predicted octanol–water partition coefficient (Wildman–Crippen LogP) is 4.85. The Morgan fingerprint density at radius 3 is 2.70 bits per heavy atom. The molecule has 1 fully saturated rings. The van der Waals surface area contributed by atoms with Gasteiger partial charge in [-0.2, -0.15) is 0 Å². The number of carbonyl (C=O) groups is 1. The van der Waals surface area contributed by atoms with E-state index < -0.39 is 11.1 Å². The van der Waals surface area contributed by atoms with Gasteiger partial charge in [0.15, 0.2) is 0 Å². The molecule has 1 saturated heterocycles. The maximum absolute atomic E-state index is 13.4. The van der Waals surface area contributed by atoms with E-state index in [1.54, 1.807) is 12.1 Å². The fourth-order valence-electron chi connectivity index (χ4n) is 3.07. The lowest BCUT2D eigenvalue weighted by Crippen LogP contribution is -2.49. The van der Waals surface area contributed by atoms with Gasteiger partial charge in [-0.3, -0.25) is 4.79 Å². The van der Waals surface area contributed by atoms with Crippen molar-refractivity contribution in [3.63, 3.8) is 0 Å². The van der Waals surface area contributed by atoms with Crippen LogP contribution in [0.4, 0.5) is 4.39 Å². The smallest absolute Gasteiger partial charge is 0.238 e. The zero-order chi connectivity index (χ0) is 18.5. The Balaban J connectivity index is 0.00000261. The molecule has 3 unspecified atom stereocenters. The lowest BCUT2D eigenvalue weighted by molar-refractivity contribution is -0.121. The Bertz CT molecular complexity index is 763. The van der Waals surface area contributed by atoms with E-state index in [9.17, 15) is 9.18 Å². The van der Waals surface area contributed by atoms with Gasteiger partial charge in [0.1, 0.15) is 11.1 Å². The number of amides is 1. The molecule has 3 nitrogen and oxygen atoms in total. The van der Waals surface area contributed by atoms with Crippen molar-refractivity contribution in [3.8, 4) is 0 Å². The molecule has 3 atom stereocenters. The topological polar surface area (TPSA) is 41.1 Å². The monoisotopic (exact) mass is 428 g/mol. The first-order valence-corrected chi connectivity index (χ1v) is 9.98. The zero-order valence-electron chi connectivity index (χ0n) is 15.0. The van der Waals surface area contributed by atoms with Gasteiger partial charge in [0, 0.05) is 10.9 Å². The van der Waals surface area contributed by atoms with E-state index in [-0.39, 0.29) is 29.4 Å². The third kappa shape index (κ3) is 5.85. The van der Waals surface area contributed by atoms with Crippen molar-refractivity contribution in [3.05, 3.63) is 64.9 Å². The summed E-state index contributed by atoms with van der Waals surface area (Å²) in [6.07, 6.45) is 0.918. The van der Waals surface area contributed by atoms with Crippen LogP contribution in [0.25, 0.3) is 0 Å². The second kappa shape index (κ2) is 10.3. The molecule has 1 heterocycles. The second-order valence-electron chi connectivity index (χ2n) is 6.57. The van der Waals surface area contributed by atoms with Crippen LogP contribution in [0.15, 0.2) is 53.4 Å². The highest BCUT2D eigenvalue weighted by Gasteiger charge is 2.28. The number of benzene rings is 2. The number of piperidine rings is 1. The molecule has 0 aromatic heterocycles. The van der Waals surface area contributed by atoms with Crippen molar-refractivity contribution in [1.29, 1.82) is 0 Å². The molecule has 2 N–H and O–H groups in total. The Morgan fingerprint density at radius 2 is 2.04 bits per heavy atom. The molecule has 2 aromatic carbocycles. The highest BCUT2D eigenvalue weighted by molar-refractivity contribution is 8.00. The molecule has 1 amide bonds. The third-order valence-electron chi connectivity index (χ3n) is 4.60. The molecule has 27 heavy (non-hydrogen) atoms. The summed E-state index contributed by atoms with van der Waals surface area (Å²) in [6, 6.07) is 14.4. The van der Waals surface area contributed by atoms with Gasteiger partial charge in [0.05, 0.1) is 5.02 Å². The average Bonchev–Trinajstić information content (AvgIpc) is 2.65. The fourth-order valence-corrected chi connectivity index (χ4v) is 4.39. The molecular weight excluding hydrogens is 406 g/mol. The minimum atomic E-state index is -0.458. The Morgan fingerprint density at radius 1 is 1.30 bits per heavy atom. The van der Waals surface area contributed by atoms with Crippen molar-refractivity contribution < 1.29 is 9.18 Å². The van der Waals surface area contributed by atoms with Crippen molar-refractivity contribution >= 4 is 41.7 Å². The molecule has 7 heteroatoms. The number of rotatable bonds is 5. The number of carbonyl (C=O) groups excluding carboxylic acids is 1. The minimum Gasteiger partial charge on any atom is -0.352 e. The van der Waals surface area contributed by atoms with E-state index in [1.165, 1.54) is 17.8 Å². The van der Waals surface area contributed by atoms with Crippen LogP contribution in [0.2, 0.25) is 5.02 Å². The molecule has 0 spiro atoms. The fraction of sp³-hybridized carbons (Fsp3) is 0.350. The summed E-state index contributed by atoms with van der Waals surface area (Å²) < 4.78 is 13.4. The highest BCUT2D eigenvalue weighted by Crippen LogP contribution is 2.37. The molecule has 1 aliphatic heterocycles. The van der Waals surface area contributed by atoms with Gasteiger partial charge in [0.2, 0.25) is 5.91 Å². The molecular formula is C20H23Cl2FN2OS. The SMILES string of the molecule is CC1CNCCC1NC(=O)C(Sc1ccc(F)c(Cl)c1)c1ccccc1.Cl. The van der Waals surface area contributed by atoms with E-state index >= 15 is 0 Å². The summed E-state index contributed by atoms with van der Waals surface area (Å²) in [6.45, 7) is 3.95. The molecule has 2 aromatic rings. The first-order valence-electron chi connectivity index (χ1n) is 8.72. The largest absolute Gasteiger partial charge is 0.352 e. The number of hydrogen-bond donors (Lipinski definition) is 2. The van der Waals surface area contributed by atoms with Gasteiger partial charge in [-0.1, -0.05) is 48.9 Å². The zero-order valence-corrected chi connectivity index (χ0v) is 17.3. The summed E-state index contributed by atoms with van der Waals surface area (Å²) in [5.41, 5.74) is 0.914. The second-order valence-corrected chi connectivity index (χ2v) is 8.16. The Labute approximate surface area is 174 Å². The summed E-state index contributed by atoms with van der Waals surface area (Å²) in [5, 5.41) is 6.20. The molecule has 3 rings (SSSR count). The Kier molecular flexibility index (Phi) is 8.42. The van der Waals surface area contributed by atoms with Crippen LogP contribution in [0.1, 0.15) is 24.2 Å². The van der Waals surface area contributed by atoms with E-state index in [1.807, 2.05) is 30.3 Å². The number of nitrogens with one attached hydrogen (secondary N) is 2. The average molecular weight is 429 g/mol. The molecule has 146 valence electrons. The van der Waals surface area contributed by atoms with Gasteiger partial charge in [0.25, 0.3) is 0 Å². The van der Waals surface area contributed by atoms with Crippen molar-refractivity contribution in [2.45, 2.75) is 29.5 Å². The van der Waals surface area contributed by atoms with Crippen LogP contribution >= 0.6 is 35.8 Å². The number of halogens is 3. The van der Waals surface area contributed by atoms with E-state index in [2.05, 4.69) is 17.6 Å². The van der Waals surface area contributed by atoms with Crippen LogP contribution in [0.5, 0.6) is 0 Å². The Hall–Kier alpha value is -1.27. The first-order chi connectivity index (χ1) is 12.5. The molecule has 1 aliphatic rings. The third-order valence-corrected chi connectivity index (χ3v) is 6.14. The summed E-state index contributed by atoms with van der Waals surface area (Å²) in [7, 11) is 0. The quantitative estimate of drug-likeness (QED) is 0.668. The lowest BCUT2D eigenvalue weighted by Gasteiger charge is -2.31. The van der Waals surface area contributed by atoms with Crippen molar-refractivity contribution in [1.82, 2.24) is 10.6 Å². The number of hydrogen-bond acceptors (Lipinski definition) is 3. The maximum Gasteiger partial charge on any atom is 0.238 e. The molecule has 0 radical (unpaired) electrons. The predicted molar refractivity (Wildman–Crippen MR) is 112 cm³/mol.